The van der Waals surface area contributed by atoms with E-state index >= 15 is 0 Å². The van der Waals surface area contributed by atoms with E-state index in [-0.39, 0.29) is 5.82 Å². The summed E-state index contributed by atoms with van der Waals surface area (Å²) in [5.74, 6) is 0.108. The van der Waals surface area contributed by atoms with Gasteiger partial charge in [-0.25, -0.2) is 4.39 Å². The fourth-order valence-electron chi connectivity index (χ4n) is 1.75. The van der Waals surface area contributed by atoms with Crippen LogP contribution in [0, 0.1) is 5.82 Å². The molecule has 4 heteroatoms. The van der Waals surface area contributed by atoms with Crippen LogP contribution in [0.25, 0.3) is 0 Å². The maximum atomic E-state index is 13.2. The van der Waals surface area contributed by atoms with Gasteiger partial charge in [0.05, 0.1) is 6.10 Å². The first-order valence-electron chi connectivity index (χ1n) is 5.91. The SMILES string of the molecule is C[C@H](O)c1cc(F)ccc1OCc1ccccc1Br. The number of hydrogen-bond acceptors (Lipinski definition) is 2. The van der Waals surface area contributed by atoms with E-state index in [1.807, 2.05) is 24.3 Å². The minimum atomic E-state index is -0.773. The highest BCUT2D eigenvalue weighted by atomic mass is 79.9. The summed E-state index contributed by atoms with van der Waals surface area (Å²) in [4.78, 5) is 0. The molecule has 2 aromatic rings. The second kappa shape index (κ2) is 6.17. The predicted octanol–water partition coefficient (Wildman–Crippen LogP) is 4.22. The predicted molar refractivity (Wildman–Crippen MR) is 75.5 cm³/mol. The molecule has 2 rings (SSSR count). The van der Waals surface area contributed by atoms with Gasteiger partial charge in [0.1, 0.15) is 18.2 Å². The van der Waals surface area contributed by atoms with Gasteiger partial charge >= 0.3 is 0 Å². The number of benzene rings is 2. The molecule has 0 saturated carbocycles. The molecule has 2 aromatic carbocycles. The molecule has 0 aromatic heterocycles. The minimum absolute atomic E-state index is 0.354. The van der Waals surface area contributed by atoms with E-state index in [9.17, 15) is 9.50 Å². The second-order valence-electron chi connectivity index (χ2n) is 4.24. The molecule has 1 atom stereocenters. The topological polar surface area (TPSA) is 29.5 Å². The van der Waals surface area contributed by atoms with Gasteiger partial charge in [0.2, 0.25) is 0 Å². The van der Waals surface area contributed by atoms with E-state index in [1.54, 1.807) is 6.92 Å². The van der Waals surface area contributed by atoms with Crippen LogP contribution in [0.3, 0.4) is 0 Å². The van der Waals surface area contributed by atoms with E-state index in [0.717, 1.165) is 10.0 Å². The van der Waals surface area contributed by atoms with Gasteiger partial charge in [0.25, 0.3) is 0 Å². The molecule has 0 amide bonds. The van der Waals surface area contributed by atoms with E-state index in [1.165, 1.54) is 18.2 Å². The molecular formula is C15H14BrFO2. The largest absolute Gasteiger partial charge is 0.488 e. The maximum Gasteiger partial charge on any atom is 0.125 e. The van der Waals surface area contributed by atoms with Crippen molar-refractivity contribution in [1.82, 2.24) is 0 Å². The molecule has 0 spiro atoms. The Morgan fingerprint density at radius 2 is 2.00 bits per heavy atom. The van der Waals surface area contributed by atoms with Crippen molar-refractivity contribution in [2.24, 2.45) is 0 Å². The average Bonchev–Trinajstić information content (AvgIpc) is 2.38. The molecule has 0 bridgehead atoms. The quantitative estimate of drug-likeness (QED) is 0.912. The monoisotopic (exact) mass is 324 g/mol. The Morgan fingerprint density at radius 1 is 1.26 bits per heavy atom. The Balaban J connectivity index is 2.18. The van der Waals surface area contributed by atoms with Crippen molar-refractivity contribution >= 4 is 15.9 Å². The number of halogens is 2. The van der Waals surface area contributed by atoms with E-state index < -0.39 is 6.10 Å². The van der Waals surface area contributed by atoms with Crippen LogP contribution in [0.1, 0.15) is 24.2 Å². The number of hydrogen-bond donors (Lipinski definition) is 1. The maximum absolute atomic E-state index is 13.2. The van der Waals surface area contributed by atoms with Crippen molar-refractivity contribution in [3.8, 4) is 5.75 Å². The molecule has 1 N–H and O–H groups in total. The first kappa shape index (κ1) is 14.0. The zero-order chi connectivity index (χ0) is 13.8. The summed E-state index contributed by atoms with van der Waals surface area (Å²) in [5, 5.41) is 9.62. The Bertz CT molecular complexity index is 570. The fraction of sp³-hybridized carbons (Fsp3) is 0.200. The van der Waals surface area contributed by atoms with Crippen molar-refractivity contribution in [2.45, 2.75) is 19.6 Å². The molecule has 0 heterocycles. The average molecular weight is 325 g/mol. The third-order valence-electron chi connectivity index (χ3n) is 2.76. The van der Waals surface area contributed by atoms with Crippen LogP contribution in [0.2, 0.25) is 0 Å². The Morgan fingerprint density at radius 3 is 2.68 bits per heavy atom. The van der Waals surface area contributed by atoms with Crippen LogP contribution in [-0.4, -0.2) is 5.11 Å². The molecule has 2 nitrogen and oxygen atoms in total. The van der Waals surface area contributed by atoms with Crippen molar-refractivity contribution in [3.05, 3.63) is 63.9 Å². The lowest BCUT2D eigenvalue weighted by molar-refractivity contribution is 0.189. The molecule has 0 fully saturated rings. The van der Waals surface area contributed by atoms with Crippen molar-refractivity contribution < 1.29 is 14.2 Å². The Kier molecular flexibility index (Phi) is 4.56. The number of aliphatic hydroxyl groups is 1. The molecule has 0 radical (unpaired) electrons. The van der Waals surface area contributed by atoms with Gasteiger partial charge in [-0.2, -0.15) is 0 Å². The smallest absolute Gasteiger partial charge is 0.125 e. The number of ether oxygens (including phenoxy) is 1. The van der Waals surface area contributed by atoms with Crippen LogP contribution in [0.5, 0.6) is 5.75 Å². The van der Waals surface area contributed by atoms with Crippen LogP contribution in [0.15, 0.2) is 46.9 Å². The standard InChI is InChI=1S/C15H14BrFO2/c1-10(18)13-8-12(17)6-7-15(13)19-9-11-4-2-3-5-14(11)16/h2-8,10,18H,9H2,1H3/t10-/m0/s1. The summed E-state index contributed by atoms with van der Waals surface area (Å²) in [7, 11) is 0. The first-order chi connectivity index (χ1) is 9.08. The van der Waals surface area contributed by atoms with Crippen molar-refractivity contribution in [3.63, 3.8) is 0 Å². The molecular weight excluding hydrogens is 311 g/mol. The van der Waals surface area contributed by atoms with Crippen molar-refractivity contribution in [1.29, 1.82) is 0 Å². The zero-order valence-corrected chi connectivity index (χ0v) is 12.0. The molecule has 0 aliphatic carbocycles. The fourth-order valence-corrected chi connectivity index (χ4v) is 2.15. The lowest BCUT2D eigenvalue weighted by Crippen LogP contribution is -2.02. The first-order valence-corrected chi connectivity index (χ1v) is 6.71. The Labute approximate surface area is 120 Å². The molecule has 0 aliphatic rings. The molecule has 19 heavy (non-hydrogen) atoms. The molecule has 100 valence electrons. The van der Waals surface area contributed by atoms with Crippen molar-refractivity contribution in [2.75, 3.05) is 0 Å². The lowest BCUT2D eigenvalue weighted by atomic mass is 10.1. The number of rotatable bonds is 4. The van der Waals surface area contributed by atoms with Gasteiger partial charge in [-0.3, -0.25) is 0 Å². The summed E-state index contributed by atoms with van der Waals surface area (Å²) < 4.78 is 19.8. The van der Waals surface area contributed by atoms with Crippen LogP contribution < -0.4 is 4.74 Å². The van der Waals surface area contributed by atoms with Gasteiger partial charge in [0, 0.05) is 15.6 Å². The van der Waals surface area contributed by atoms with Gasteiger partial charge < -0.3 is 9.84 Å². The number of aliphatic hydroxyl groups excluding tert-OH is 1. The highest BCUT2D eigenvalue weighted by molar-refractivity contribution is 9.10. The summed E-state index contributed by atoms with van der Waals surface area (Å²) in [6, 6.07) is 11.9. The summed E-state index contributed by atoms with van der Waals surface area (Å²) in [6.07, 6.45) is -0.773. The third kappa shape index (κ3) is 3.55. The van der Waals surface area contributed by atoms with Gasteiger partial charge in [-0.15, -0.1) is 0 Å². The van der Waals surface area contributed by atoms with Crippen LogP contribution in [0.4, 0.5) is 4.39 Å². The van der Waals surface area contributed by atoms with E-state index in [4.69, 9.17) is 4.74 Å². The minimum Gasteiger partial charge on any atom is -0.488 e. The summed E-state index contributed by atoms with van der Waals surface area (Å²) in [5.41, 5.74) is 1.44. The van der Waals surface area contributed by atoms with Crippen LogP contribution in [-0.2, 0) is 6.61 Å². The highest BCUT2D eigenvalue weighted by Gasteiger charge is 2.11. The third-order valence-corrected chi connectivity index (χ3v) is 3.54. The zero-order valence-electron chi connectivity index (χ0n) is 10.4. The van der Waals surface area contributed by atoms with Gasteiger partial charge in [0.15, 0.2) is 0 Å². The van der Waals surface area contributed by atoms with Gasteiger partial charge in [-0.05, 0) is 31.2 Å². The normalized spacial score (nSPS) is 12.2. The molecule has 0 saturated heterocycles. The molecule has 0 aliphatic heterocycles. The van der Waals surface area contributed by atoms with Gasteiger partial charge in [-0.1, -0.05) is 34.1 Å². The Hall–Kier alpha value is -1.39. The van der Waals surface area contributed by atoms with E-state index in [0.29, 0.717) is 17.9 Å². The van der Waals surface area contributed by atoms with Crippen LogP contribution >= 0.6 is 15.9 Å². The molecule has 0 unspecified atom stereocenters. The van der Waals surface area contributed by atoms with E-state index in [2.05, 4.69) is 15.9 Å². The second-order valence-corrected chi connectivity index (χ2v) is 5.09. The highest BCUT2D eigenvalue weighted by Crippen LogP contribution is 2.27. The lowest BCUT2D eigenvalue weighted by Gasteiger charge is -2.14. The summed E-state index contributed by atoms with van der Waals surface area (Å²) >= 11 is 3.44. The summed E-state index contributed by atoms with van der Waals surface area (Å²) in [6.45, 7) is 1.94.